The average Bonchev–Trinajstić information content (AvgIpc) is 2.54. The molecule has 0 amide bonds. The van der Waals surface area contributed by atoms with Crippen LogP contribution in [-0.2, 0) is 16.4 Å². The number of halogens is 1. The summed E-state index contributed by atoms with van der Waals surface area (Å²) in [5.74, 6) is -0.176. The first-order valence-corrected chi connectivity index (χ1v) is 7.55. The first kappa shape index (κ1) is 13.6. The van der Waals surface area contributed by atoms with Crippen LogP contribution in [0.5, 0.6) is 5.75 Å². The van der Waals surface area contributed by atoms with Gasteiger partial charge in [-0.3, -0.25) is 0 Å². The molecule has 0 spiro atoms. The second-order valence-electron chi connectivity index (χ2n) is 4.21. The number of sulfone groups is 1. The van der Waals surface area contributed by atoms with Gasteiger partial charge in [0, 0.05) is 10.6 Å². The van der Waals surface area contributed by atoms with E-state index in [1.165, 1.54) is 6.07 Å². The number of hydrogen-bond donors (Lipinski definition) is 2. The van der Waals surface area contributed by atoms with E-state index in [4.69, 9.17) is 21.4 Å². The minimum absolute atomic E-state index is 0.221. The maximum Gasteiger partial charge on any atom is 0.156 e. The van der Waals surface area contributed by atoms with Crippen LogP contribution in [0.3, 0.4) is 0 Å². The number of benzene rings is 1. The lowest BCUT2D eigenvalue weighted by atomic mass is 10.2. The van der Waals surface area contributed by atoms with Crippen LogP contribution in [0.4, 0.5) is 0 Å². The summed E-state index contributed by atoms with van der Waals surface area (Å²) in [6.45, 7) is -0.272. The van der Waals surface area contributed by atoms with Gasteiger partial charge in [0.2, 0.25) is 0 Å². The molecule has 0 radical (unpaired) electrons. The van der Waals surface area contributed by atoms with Crippen molar-refractivity contribution in [2.45, 2.75) is 18.8 Å². The van der Waals surface area contributed by atoms with Crippen LogP contribution in [0.2, 0.25) is 5.02 Å². The molecule has 0 aromatic heterocycles. The molecule has 2 unspecified atom stereocenters. The molecule has 0 saturated carbocycles. The topological polar surface area (TPSA) is 83.8 Å². The van der Waals surface area contributed by atoms with Gasteiger partial charge >= 0.3 is 0 Å². The summed E-state index contributed by atoms with van der Waals surface area (Å²) in [5, 5.41) is 19.2. The second-order valence-corrected chi connectivity index (χ2v) is 6.80. The largest absolute Gasteiger partial charge is 0.486 e. The van der Waals surface area contributed by atoms with Gasteiger partial charge in [0.1, 0.15) is 18.0 Å². The third-order valence-electron chi connectivity index (χ3n) is 2.74. The fraction of sp³-hybridized carbons (Fsp3) is 0.455. The molecule has 2 atom stereocenters. The number of ether oxygens (including phenoxy) is 1. The first-order valence-electron chi connectivity index (χ1n) is 5.36. The minimum atomic E-state index is -3.26. The Labute approximate surface area is 110 Å². The molecule has 2 rings (SSSR count). The van der Waals surface area contributed by atoms with Crippen LogP contribution in [0.15, 0.2) is 18.2 Å². The van der Waals surface area contributed by atoms with Crippen molar-refractivity contribution in [2.24, 2.45) is 0 Å². The van der Waals surface area contributed by atoms with Crippen molar-refractivity contribution < 1.29 is 23.4 Å². The van der Waals surface area contributed by atoms with Crippen molar-refractivity contribution in [3.8, 4) is 5.75 Å². The predicted octanol–water partition coefficient (Wildman–Crippen LogP) is 0.369. The molecular weight excluding hydrogens is 280 g/mol. The molecule has 7 heteroatoms. The lowest BCUT2D eigenvalue weighted by Gasteiger charge is -2.17. The first-order chi connectivity index (χ1) is 8.41. The van der Waals surface area contributed by atoms with Crippen molar-refractivity contribution >= 4 is 21.4 Å². The maximum atomic E-state index is 11.3. The molecule has 1 saturated heterocycles. The highest BCUT2D eigenvalue weighted by Gasteiger charge is 2.38. The van der Waals surface area contributed by atoms with E-state index in [9.17, 15) is 13.5 Å². The van der Waals surface area contributed by atoms with Gasteiger partial charge < -0.3 is 14.9 Å². The zero-order valence-electron chi connectivity index (χ0n) is 9.41. The smallest absolute Gasteiger partial charge is 0.156 e. The van der Waals surface area contributed by atoms with Gasteiger partial charge in [-0.05, 0) is 18.2 Å². The van der Waals surface area contributed by atoms with Crippen molar-refractivity contribution in [2.75, 3.05) is 11.5 Å². The van der Waals surface area contributed by atoms with Crippen molar-refractivity contribution in [3.63, 3.8) is 0 Å². The summed E-state index contributed by atoms with van der Waals surface area (Å²) in [6, 6.07) is 4.66. The fourth-order valence-electron chi connectivity index (χ4n) is 1.86. The highest BCUT2D eigenvalue weighted by atomic mass is 35.5. The third kappa shape index (κ3) is 2.95. The SMILES string of the molecule is O=S1(=O)CC(O)C(Oc2ccc(Cl)cc2CO)C1. The van der Waals surface area contributed by atoms with Gasteiger partial charge in [-0.15, -0.1) is 0 Å². The lowest BCUT2D eigenvalue weighted by Crippen LogP contribution is -2.30. The van der Waals surface area contributed by atoms with Crippen LogP contribution < -0.4 is 4.74 Å². The molecule has 1 aromatic rings. The number of aliphatic hydroxyl groups is 2. The Morgan fingerprint density at radius 1 is 1.39 bits per heavy atom. The standard InChI is InChI=1S/C11H13ClO5S/c12-8-1-2-10(7(3-8)4-13)17-11-6-18(15,16)5-9(11)14/h1-3,9,11,13-14H,4-6H2. The van der Waals surface area contributed by atoms with E-state index >= 15 is 0 Å². The molecule has 1 fully saturated rings. The molecule has 1 aliphatic rings. The number of aliphatic hydroxyl groups excluding tert-OH is 2. The van der Waals surface area contributed by atoms with Crippen molar-refractivity contribution in [1.82, 2.24) is 0 Å². The summed E-state index contributed by atoms with van der Waals surface area (Å²) in [6.07, 6.45) is -1.85. The summed E-state index contributed by atoms with van der Waals surface area (Å²) >= 11 is 5.77. The Bertz CT molecular complexity index is 542. The molecule has 2 N–H and O–H groups in total. The van der Waals surface area contributed by atoms with Gasteiger partial charge in [-0.1, -0.05) is 11.6 Å². The van der Waals surface area contributed by atoms with E-state index in [0.29, 0.717) is 16.3 Å². The Morgan fingerprint density at radius 3 is 2.67 bits per heavy atom. The lowest BCUT2D eigenvalue weighted by molar-refractivity contribution is 0.0721. The summed E-state index contributed by atoms with van der Waals surface area (Å²) < 4.78 is 28.1. The number of rotatable bonds is 3. The molecule has 1 aliphatic heterocycles. The zero-order chi connectivity index (χ0) is 13.3. The summed E-state index contributed by atoms with van der Waals surface area (Å²) in [7, 11) is -3.26. The summed E-state index contributed by atoms with van der Waals surface area (Å²) in [5.41, 5.74) is 0.457. The molecular formula is C11H13ClO5S. The molecule has 0 aliphatic carbocycles. The normalized spacial score (nSPS) is 26.2. The van der Waals surface area contributed by atoms with E-state index in [1.807, 2.05) is 0 Å². The monoisotopic (exact) mass is 292 g/mol. The van der Waals surface area contributed by atoms with E-state index in [2.05, 4.69) is 0 Å². The molecule has 100 valence electrons. The highest BCUT2D eigenvalue weighted by Crippen LogP contribution is 2.26. The van der Waals surface area contributed by atoms with E-state index < -0.39 is 22.0 Å². The van der Waals surface area contributed by atoms with Gasteiger partial charge in [-0.2, -0.15) is 0 Å². The predicted molar refractivity (Wildman–Crippen MR) is 66.5 cm³/mol. The van der Waals surface area contributed by atoms with E-state index in [0.717, 1.165) is 0 Å². The highest BCUT2D eigenvalue weighted by molar-refractivity contribution is 7.91. The van der Waals surface area contributed by atoms with Crippen molar-refractivity contribution in [1.29, 1.82) is 0 Å². The van der Waals surface area contributed by atoms with Crippen LogP contribution in [-0.4, -0.2) is 42.3 Å². The van der Waals surface area contributed by atoms with Gasteiger partial charge in [0.25, 0.3) is 0 Å². The molecule has 0 bridgehead atoms. The molecule has 5 nitrogen and oxygen atoms in total. The van der Waals surface area contributed by atoms with Crippen LogP contribution in [0.1, 0.15) is 5.56 Å². The minimum Gasteiger partial charge on any atom is -0.486 e. The van der Waals surface area contributed by atoms with Crippen LogP contribution in [0.25, 0.3) is 0 Å². The zero-order valence-corrected chi connectivity index (χ0v) is 11.0. The number of hydrogen-bond acceptors (Lipinski definition) is 5. The quantitative estimate of drug-likeness (QED) is 0.841. The average molecular weight is 293 g/mol. The fourth-order valence-corrected chi connectivity index (χ4v) is 3.72. The van der Waals surface area contributed by atoms with Gasteiger partial charge in [-0.25, -0.2) is 8.42 Å². The Morgan fingerprint density at radius 2 is 2.11 bits per heavy atom. The van der Waals surface area contributed by atoms with Gasteiger partial charge in [0.05, 0.1) is 18.1 Å². The maximum absolute atomic E-state index is 11.3. The van der Waals surface area contributed by atoms with Crippen molar-refractivity contribution in [3.05, 3.63) is 28.8 Å². The molecule has 1 heterocycles. The Balaban J connectivity index is 2.20. The molecule has 18 heavy (non-hydrogen) atoms. The Hall–Kier alpha value is -0.820. The second kappa shape index (κ2) is 5.05. The van der Waals surface area contributed by atoms with E-state index in [1.54, 1.807) is 12.1 Å². The van der Waals surface area contributed by atoms with Crippen LogP contribution >= 0.6 is 11.6 Å². The summed E-state index contributed by atoms with van der Waals surface area (Å²) in [4.78, 5) is 0. The Kier molecular flexibility index (Phi) is 3.82. The third-order valence-corrected chi connectivity index (χ3v) is 4.66. The molecule has 1 aromatic carbocycles. The van der Waals surface area contributed by atoms with E-state index in [-0.39, 0.29) is 18.1 Å². The van der Waals surface area contributed by atoms with Gasteiger partial charge in [0.15, 0.2) is 9.84 Å². The van der Waals surface area contributed by atoms with Crippen LogP contribution in [0, 0.1) is 0 Å².